The van der Waals surface area contributed by atoms with Gasteiger partial charge in [-0.05, 0) is 5.92 Å². The van der Waals surface area contributed by atoms with Gasteiger partial charge in [-0.3, -0.25) is 10.3 Å². The van der Waals surface area contributed by atoms with Gasteiger partial charge in [0.15, 0.2) is 0 Å². The molecular weight excluding hydrogens is 174 g/mol. The lowest BCUT2D eigenvalue weighted by atomic mass is 10.0. The van der Waals surface area contributed by atoms with Gasteiger partial charge in [0.05, 0.1) is 19.3 Å². The first-order valence-corrected chi connectivity index (χ1v) is 5.79. The Hall–Kier alpha value is -0.570. The molecule has 2 rings (SSSR count). The molecule has 1 atom stereocenters. The Bertz CT molecular complexity index is 199. The van der Waals surface area contributed by atoms with E-state index in [1.54, 1.807) is 0 Å². The average molecular weight is 197 g/mol. The van der Waals surface area contributed by atoms with Gasteiger partial charge in [0.2, 0.25) is 0 Å². The predicted molar refractivity (Wildman–Crippen MR) is 61.6 cm³/mol. The molecule has 0 aromatic heterocycles. The standard InChI is InChI=1S/C9H17N3.C2H6/c1-7(2)8-5-11-9-3-4-10-6-12(8)9;1-2/h7-8,10H,3-6H2,1-2H3;1-2H3. The number of aliphatic imine (C=N–C) groups is 1. The summed E-state index contributed by atoms with van der Waals surface area (Å²) in [6.45, 7) is 11.7. The van der Waals surface area contributed by atoms with Gasteiger partial charge < -0.3 is 4.90 Å². The minimum absolute atomic E-state index is 0.646. The topological polar surface area (TPSA) is 27.6 Å². The van der Waals surface area contributed by atoms with Crippen LogP contribution in [0.5, 0.6) is 0 Å². The third-order valence-corrected chi connectivity index (χ3v) is 2.77. The highest BCUT2D eigenvalue weighted by Gasteiger charge is 2.30. The molecule has 82 valence electrons. The summed E-state index contributed by atoms with van der Waals surface area (Å²) < 4.78 is 0. The maximum absolute atomic E-state index is 4.56. The van der Waals surface area contributed by atoms with Crippen LogP contribution in [0.2, 0.25) is 0 Å². The SMILES string of the molecule is CC.CC(C)C1CN=C2CCNCN21. The first kappa shape index (κ1) is 11.5. The molecule has 3 nitrogen and oxygen atoms in total. The van der Waals surface area contributed by atoms with Crippen molar-refractivity contribution in [2.45, 2.75) is 40.2 Å². The lowest BCUT2D eigenvalue weighted by Crippen LogP contribution is -2.49. The molecule has 1 saturated heterocycles. The molecule has 0 aromatic carbocycles. The van der Waals surface area contributed by atoms with Crippen molar-refractivity contribution in [3.63, 3.8) is 0 Å². The zero-order valence-electron chi connectivity index (χ0n) is 9.88. The Morgan fingerprint density at radius 1 is 1.43 bits per heavy atom. The zero-order chi connectivity index (χ0) is 10.6. The average Bonchev–Trinajstić information content (AvgIpc) is 2.64. The van der Waals surface area contributed by atoms with Crippen molar-refractivity contribution >= 4 is 5.84 Å². The fourth-order valence-corrected chi connectivity index (χ4v) is 1.98. The molecule has 2 aliphatic rings. The second kappa shape index (κ2) is 5.35. The normalized spacial score (nSPS) is 25.4. The molecule has 0 amide bonds. The van der Waals surface area contributed by atoms with Crippen molar-refractivity contribution in [2.24, 2.45) is 10.9 Å². The molecular formula is C11H23N3. The minimum Gasteiger partial charge on any atom is -0.342 e. The number of rotatable bonds is 1. The molecule has 2 aliphatic heterocycles. The van der Waals surface area contributed by atoms with E-state index in [9.17, 15) is 0 Å². The van der Waals surface area contributed by atoms with E-state index >= 15 is 0 Å². The summed E-state index contributed by atoms with van der Waals surface area (Å²) in [5.41, 5.74) is 0. The molecule has 0 aliphatic carbocycles. The summed E-state index contributed by atoms with van der Waals surface area (Å²) in [7, 11) is 0. The summed E-state index contributed by atoms with van der Waals surface area (Å²) in [4.78, 5) is 6.99. The van der Waals surface area contributed by atoms with Crippen LogP contribution in [0.15, 0.2) is 4.99 Å². The Morgan fingerprint density at radius 2 is 2.14 bits per heavy atom. The van der Waals surface area contributed by atoms with Crippen LogP contribution >= 0.6 is 0 Å². The van der Waals surface area contributed by atoms with Gasteiger partial charge in [0.25, 0.3) is 0 Å². The number of fused-ring (bicyclic) bond motifs is 1. The molecule has 3 heteroatoms. The molecule has 0 saturated carbocycles. The van der Waals surface area contributed by atoms with Gasteiger partial charge in [0, 0.05) is 13.0 Å². The predicted octanol–water partition coefficient (Wildman–Crippen LogP) is 1.70. The van der Waals surface area contributed by atoms with E-state index in [1.165, 1.54) is 5.84 Å². The first-order chi connectivity index (χ1) is 6.79. The lowest BCUT2D eigenvalue weighted by Gasteiger charge is -2.33. The number of amidine groups is 1. The highest BCUT2D eigenvalue weighted by Crippen LogP contribution is 2.20. The van der Waals surface area contributed by atoms with Crippen molar-refractivity contribution in [1.82, 2.24) is 10.2 Å². The van der Waals surface area contributed by atoms with Gasteiger partial charge in [-0.15, -0.1) is 0 Å². The lowest BCUT2D eigenvalue weighted by molar-refractivity contribution is 0.245. The van der Waals surface area contributed by atoms with Crippen LogP contribution in [0.4, 0.5) is 0 Å². The van der Waals surface area contributed by atoms with Crippen LogP contribution in [-0.4, -0.2) is 36.5 Å². The second-order valence-corrected chi connectivity index (χ2v) is 3.95. The van der Waals surface area contributed by atoms with E-state index in [0.717, 1.165) is 26.2 Å². The van der Waals surface area contributed by atoms with Crippen LogP contribution in [-0.2, 0) is 0 Å². The van der Waals surface area contributed by atoms with Crippen LogP contribution in [0.25, 0.3) is 0 Å². The molecule has 1 fully saturated rings. The molecule has 0 aromatic rings. The molecule has 2 heterocycles. The number of hydrogen-bond acceptors (Lipinski definition) is 3. The summed E-state index contributed by atoms with van der Waals surface area (Å²) in [6, 6.07) is 0.646. The highest BCUT2D eigenvalue weighted by molar-refractivity contribution is 5.85. The van der Waals surface area contributed by atoms with Crippen LogP contribution < -0.4 is 5.32 Å². The van der Waals surface area contributed by atoms with Gasteiger partial charge in [0.1, 0.15) is 5.84 Å². The monoisotopic (exact) mass is 197 g/mol. The number of nitrogens with zero attached hydrogens (tertiary/aromatic N) is 2. The Kier molecular flexibility index (Phi) is 4.39. The van der Waals surface area contributed by atoms with E-state index in [4.69, 9.17) is 0 Å². The van der Waals surface area contributed by atoms with E-state index < -0.39 is 0 Å². The van der Waals surface area contributed by atoms with Gasteiger partial charge in [-0.2, -0.15) is 0 Å². The van der Waals surface area contributed by atoms with Gasteiger partial charge in [-0.25, -0.2) is 0 Å². The number of hydrogen-bond donors (Lipinski definition) is 1. The Morgan fingerprint density at radius 3 is 2.79 bits per heavy atom. The summed E-state index contributed by atoms with van der Waals surface area (Å²) in [5.74, 6) is 2.04. The quantitative estimate of drug-likeness (QED) is 0.693. The molecule has 1 unspecified atom stereocenters. The summed E-state index contributed by atoms with van der Waals surface area (Å²) >= 11 is 0. The fourth-order valence-electron chi connectivity index (χ4n) is 1.98. The van der Waals surface area contributed by atoms with Crippen LogP contribution in [0.3, 0.4) is 0 Å². The Labute approximate surface area is 87.6 Å². The molecule has 0 bridgehead atoms. The third kappa shape index (κ3) is 2.27. The van der Waals surface area contributed by atoms with Crippen molar-refractivity contribution in [2.75, 3.05) is 19.8 Å². The van der Waals surface area contributed by atoms with E-state index in [-0.39, 0.29) is 0 Å². The molecule has 0 spiro atoms. The zero-order valence-corrected chi connectivity index (χ0v) is 9.88. The highest BCUT2D eigenvalue weighted by atomic mass is 15.3. The van der Waals surface area contributed by atoms with E-state index in [0.29, 0.717) is 12.0 Å². The number of nitrogens with one attached hydrogen (secondary N) is 1. The van der Waals surface area contributed by atoms with Gasteiger partial charge >= 0.3 is 0 Å². The van der Waals surface area contributed by atoms with Crippen molar-refractivity contribution in [3.8, 4) is 0 Å². The first-order valence-electron chi connectivity index (χ1n) is 5.79. The molecule has 1 N–H and O–H groups in total. The maximum atomic E-state index is 4.56. The molecule has 14 heavy (non-hydrogen) atoms. The van der Waals surface area contributed by atoms with Gasteiger partial charge in [-0.1, -0.05) is 27.7 Å². The Balaban J connectivity index is 0.000000461. The summed E-state index contributed by atoms with van der Waals surface area (Å²) in [6.07, 6.45) is 1.11. The summed E-state index contributed by atoms with van der Waals surface area (Å²) in [5, 5.41) is 3.39. The maximum Gasteiger partial charge on any atom is 0.102 e. The fraction of sp³-hybridized carbons (Fsp3) is 0.909. The molecule has 0 radical (unpaired) electrons. The smallest absolute Gasteiger partial charge is 0.102 e. The van der Waals surface area contributed by atoms with E-state index in [2.05, 4.69) is 29.1 Å². The van der Waals surface area contributed by atoms with Crippen molar-refractivity contribution < 1.29 is 0 Å². The van der Waals surface area contributed by atoms with Crippen molar-refractivity contribution in [1.29, 1.82) is 0 Å². The minimum atomic E-state index is 0.646. The third-order valence-electron chi connectivity index (χ3n) is 2.77. The second-order valence-electron chi connectivity index (χ2n) is 3.95. The van der Waals surface area contributed by atoms with Crippen molar-refractivity contribution in [3.05, 3.63) is 0 Å². The largest absolute Gasteiger partial charge is 0.342 e. The van der Waals surface area contributed by atoms with E-state index in [1.807, 2.05) is 13.8 Å². The van der Waals surface area contributed by atoms with Crippen LogP contribution in [0.1, 0.15) is 34.1 Å². The van der Waals surface area contributed by atoms with Crippen LogP contribution in [0, 0.1) is 5.92 Å².